The van der Waals surface area contributed by atoms with Crippen LogP contribution in [-0.4, -0.2) is 6.54 Å². The summed E-state index contributed by atoms with van der Waals surface area (Å²) in [7, 11) is 0. The van der Waals surface area contributed by atoms with Gasteiger partial charge >= 0.3 is 0 Å². The summed E-state index contributed by atoms with van der Waals surface area (Å²) < 4.78 is 6.12. The first-order valence-corrected chi connectivity index (χ1v) is 11.9. The van der Waals surface area contributed by atoms with Crippen molar-refractivity contribution in [3.63, 3.8) is 0 Å². The van der Waals surface area contributed by atoms with Crippen LogP contribution in [-0.2, 0) is 13.2 Å². The summed E-state index contributed by atoms with van der Waals surface area (Å²) in [5.41, 5.74) is 17.6. The average molecular weight is 452 g/mol. The van der Waals surface area contributed by atoms with E-state index in [0.717, 1.165) is 30.1 Å². The minimum atomic E-state index is 0.543. The van der Waals surface area contributed by atoms with Gasteiger partial charge in [0.25, 0.3) is 0 Å². The molecule has 3 N–H and O–H groups in total. The van der Waals surface area contributed by atoms with Crippen LogP contribution in [0.5, 0.6) is 5.75 Å². The highest BCUT2D eigenvalue weighted by Gasteiger charge is 2.09. The van der Waals surface area contributed by atoms with E-state index in [9.17, 15) is 0 Å². The van der Waals surface area contributed by atoms with Crippen LogP contribution in [0.1, 0.15) is 30.0 Å². The number of hydrazine groups is 1. The molecule has 0 atom stereocenters. The Labute approximate surface area is 203 Å². The van der Waals surface area contributed by atoms with Gasteiger partial charge in [-0.2, -0.15) is 0 Å². The molecule has 4 aromatic rings. The zero-order chi connectivity index (χ0) is 23.8. The molecule has 4 rings (SSSR count). The van der Waals surface area contributed by atoms with E-state index in [-0.39, 0.29) is 0 Å². The van der Waals surface area contributed by atoms with Gasteiger partial charge in [-0.25, -0.2) is 5.43 Å². The van der Waals surface area contributed by atoms with Crippen LogP contribution in [0.3, 0.4) is 0 Å². The minimum Gasteiger partial charge on any atom is -0.489 e. The van der Waals surface area contributed by atoms with Gasteiger partial charge in [0, 0.05) is 13.1 Å². The number of para-hydroxylation sites is 2. The van der Waals surface area contributed by atoms with Gasteiger partial charge in [0.1, 0.15) is 12.4 Å². The molecule has 0 aliphatic heterocycles. The highest BCUT2D eigenvalue weighted by atomic mass is 16.5. The number of nitrogens with two attached hydrogens (primary N) is 1. The largest absolute Gasteiger partial charge is 0.489 e. The molecule has 0 saturated carbocycles. The maximum Gasteiger partial charge on any atom is 0.119 e. The number of nitrogens with zero attached hydrogens (tertiary/aromatic N) is 1. The van der Waals surface area contributed by atoms with Gasteiger partial charge in [0.2, 0.25) is 0 Å². The molecule has 174 valence electrons. The number of nitrogens with one attached hydrogen (secondary N) is 1. The number of nitrogen functional groups attached to an aromatic ring is 1. The van der Waals surface area contributed by atoms with Crippen LogP contribution in [0.15, 0.2) is 97.1 Å². The second-order valence-corrected chi connectivity index (χ2v) is 8.43. The third-order valence-corrected chi connectivity index (χ3v) is 6.00. The molecule has 0 amide bonds. The molecule has 0 aliphatic carbocycles. The summed E-state index contributed by atoms with van der Waals surface area (Å²) in [4.78, 5) is 0. The lowest BCUT2D eigenvalue weighted by Crippen LogP contribution is -2.38. The van der Waals surface area contributed by atoms with E-state index < -0.39 is 0 Å². The van der Waals surface area contributed by atoms with E-state index in [2.05, 4.69) is 78.9 Å². The smallest absolute Gasteiger partial charge is 0.119 e. The SMILES string of the molecule is CCCN(NCc1ccc(OCc2cccc(-c3ccccc3)c2C)cc1)c1ccccc1N. The number of hydrogen-bond acceptors (Lipinski definition) is 4. The van der Waals surface area contributed by atoms with Gasteiger partial charge in [-0.15, -0.1) is 0 Å². The Bertz CT molecular complexity index is 1190. The van der Waals surface area contributed by atoms with Crippen LogP contribution >= 0.6 is 0 Å². The van der Waals surface area contributed by atoms with Crippen molar-refractivity contribution in [2.75, 3.05) is 17.3 Å². The first-order valence-electron chi connectivity index (χ1n) is 11.9. The third-order valence-electron chi connectivity index (χ3n) is 6.00. The van der Waals surface area contributed by atoms with Crippen molar-refractivity contribution in [2.45, 2.75) is 33.4 Å². The predicted octanol–water partition coefficient (Wildman–Crippen LogP) is 6.74. The summed E-state index contributed by atoms with van der Waals surface area (Å²) in [5, 5.41) is 2.13. The zero-order valence-electron chi connectivity index (χ0n) is 20.0. The molecule has 0 fully saturated rings. The van der Waals surface area contributed by atoms with E-state index in [4.69, 9.17) is 10.5 Å². The monoisotopic (exact) mass is 451 g/mol. The Morgan fingerprint density at radius 2 is 1.56 bits per heavy atom. The van der Waals surface area contributed by atoms with Gasteiger partial charge < -0.3 is 15.5 Å². The Hall–Kier alpha value is -3.76. The summed E-state index contributed by atoms with van der Waals surface area (Å²) in [5.74, 6) is 0.867. The first-order chi connectivity index (χ1) is 16.7. The molecule has 0 heterocycles. The lowest BCUT2D eigenvalue weighted by Gasteiger charge is -2.26. The molecule has 4 aromatic carbocycles. The maximum atomic E-state index is 6.18. The second kappa shape index (κ2) is 11.4. The van der Waals surface area contributed by atoms with Gasteiger partial charge in [0.05, 0.1) is 11.4 Å². The fourth-order valence-electron chi connectivity index (χ4n) is 4.06. The minimum absolute atomic E-state index is 0.543. The standard InChI is InChI=1S/C30H33N3O/c1-3-20-33(30-15-8-7-14-29(30)31)32-21-24-16-18-27(19-17-24)34-22-26-12-9-13-28(23(26)2)25-10-5-4-6-11-25/h4-19,32H,3,20-22,31H2,1-2H3. The molecule has 0 saturated heterocycles. The van der Waals surface area contributed by atoms with E-state index in [1.165, 1.54) is 27.8 Å². The molecule has 0 spiro atoms. The molecule has 0 aliphatic rings. The molecular weight excluding hydrogens is 418 g/mol. The fraction of sp³-hybridized carbons (Fsp3) is 0.200. The summed E-state index contributed by atoms with van der Waals surface area (Å²) in [6, 6.07) is 33.1. The van der Waals surface area contributed by atoms with Gasteiger partial charge in [-0.1, -0.05) is 79.7 Å². The number of ether oxygens (including phenoxy) is 1. The Kier molecular flexibility index (Phi) is 7.84. The predicted molar refractivity (Wildman–Crippen MR) is 143 cm³/mol. The van der Waals surface area contributed by atoms with Crippen LogP contribution in [0.4, 0.5) is 11.4 Å². The van der Waals surface area contributed by atoms with E-state index in [1.807, 2.05) is 42.5 Å². The van der Waals surface area contributed by atoms with Crippen molar-refractivity contribution in [2.24, 2.45) is 0 Å². The Morgan fingerprint density at radius 3 is 2.29 bits per heavy atom. The first kappa shape index (κ1) is 23.4. The zero-order valence-corrected chi connectivity index (χ0v) is 20.0. The normalized spacial score (nSPS) is 10.8. The van der Waals surface area contributed by atoms with Crippen molar-refractivity contribution in [3.05, 3.63) is 114 Å². The third kappa shape index (κ3) is 5.77. The number of rotatable bonds is 10. The Morgan fingerprint density at radius 1 is 0.824 bits per heavy atom. The highest BCUT2D eigenvalue weighted by molar-refractivity contribution is 5.68. The molecule has 4 heteroatoms. The van der Waals surface area contributed by atoms with E-state index in [0.29, 0.717) is 13.2 Å². The number of hydrogen-bond donors (Lipinski definition) is 2. The van der Waals surface area contributed by atoms with Crippen molar-refractivity contribution in [1.82, 2.24) is 5.43 Å². The van der Waals surface area contributed by atoms with Gasteiger partial charge in [-0.05, 0) is 65.4 Å². The van der Waals surface area contributed by atoms with E-state index >= 15 is 0 Å². The lowest BCUT2D eigenvalue weighted by molar-refractivity contribution is 0.305. The lowest BCUT2D eigenvalue weighted by atomic mass is 9.97. The fourth-order valence-corrected chi connectivity index (χ4v) is 4.06. The number of anilines is 2. The van der Waals surface area contributed by atoms with Crippen molar-refractivity contribution >= 4 is 11.4 Å². The summed E-state index contributed by atoms with van der Waals surface area (Å²) in [6.45, 7) is 6.47. The van der Waals surface area contributed by atoms with Crippen LogP contribution in [0.2, 0.25) is 0 Å². The van der Waals surface area contributed by atoms with Gasteiger partial charge in [0.15, 0.2) is 0 Å². The van der Waals surface area contributed by atoms with Crippen LogP contribution in [0, 0.1) is 6.92 Å². The van der Waals surface area contributed by atoms with Crippen molar-refractivity contribution in [3.8, 4) is 16.9 Å². The van der Waals surface area contributed by atoms with Crippen molar-refractivity contribution < 1.29 is 4.74 Å². The summed E-state index contributed by atoms with van der Waals surface area (Å²) in [6.07, 6.45) is 1.03. The molecular formula is C30H33N3O. The second-order valence-electron chi connectivity index (χ2n) is 8.43. The summed E-state index contributed by atoms with van der Waals surface area (Å²) >= 11 is 0. The molecule has 0 unspecified atom stereocenters. The van der Waals surface area contributed by atoms with Crippen molar-refractivity contribution in [1.29, 1.82) is 0 Å². The topological polar surface area (TPSA) is 50.5 Å². The highest BCUT2D eigenvalue weighted by Crippen LogP contribution is 2.26. The molecule has 4 nitrogen and oxygen atoms in total. The maximum absolute atomic E-state index is 6.18. The molecule has 0 radical (unpaired) electrons. The van der Waals surface area contributed by atoms with Crippen LogP contribution < -0.4 is 20.9 Å². The molecule has 0 bridgehead atoms. The molecule has 34 heavy (non-hydrogen) atoms. The average Bonchev–Trinajstić information content (AvgIpc) is 2.87. The van der Waals surface area contributed by atoms with Gasteiger partial charge in [-0.3, -0.25) is 0 Å². The van der Waals surface area contributed by atoms with Crippen LogP contribution in [0.25, 0.3) is 11.1 Å². The number of benzene rings is 4. The quantitative estimate of drug-likeness (QED) is 0.207. The van der Waals surface area contributed by atoms with E-state index in [1.54, 1.807) is 0 Å². The molecule has 0 aromatic heterocycles. The Balaban J connectivity index is 1.37.